The fourth-order valence-electron chi connectivity index (χ4n) is 9.38. The molecule has 436 valence electrons. The van der Waals surface area contributed by atoms with Gasteiger partial charge in [-0.3, -0.25) is 18.6 Å². The Kier molecular flexibility index (Phi) is 53.3. The van der Waals surface area contributed by atoms with Crippen LogP contribution >= 0.6 is 7.82 Å². The van der Waals surface area contributed by atoms with Crippen LogP contribution in [0.25, 0.3) is 0 Å². The van der Waals surface area contributed by atoms with Gasteiger partial charge in [-0.2, -0.15) is 0 Å². The topological polar surface area (TPSA) is 111 Å². The van der Waals surface area contributed by atoms with Gasteiger partial charge in [0.2, 0.25) is 5.91 Å². The van der Waals surface area contributed by atoms with E-state index < -0.39 is 20.0 Å². The first kappa shape index (κ1) is 72.2. The fourth-order valence-corrected chi connectivity index (χ4v) is 10.1. The Morgan fingerprint density at radius 2 is 0.824 bits per heavy atom. The molecule has 0 rings (SSSR count). The number of unbranched alkanes of at least 4 members (excludes halogenated alkanes) is 38. The van der Waals surface area contributed by atoms with Gasteiger partial charge in [-0.25, -0.2) is 4.57 Å². The normalized spacial score (nSPS) is 13.9. The van der Waals surface area contributed by atoms with Gasteiger partial charge in [-0.05, 0) is 63.9 Å². The highest BCUT2D eigenvalue weighted by Gasteiger charge is 2.30. The van der Waals surface area contributed by atoms with Gasteiger partial charge < -0.3 is 19.4 Å². The highest BCUT2D eigenvalue weighted by molar-refractivity contribution is 7.47. The maximum atomic E-state index is 13.6. The minimum Gasteiger partial charge on any atom is -0.456 e. The summed E-state index contributed by atoms with van der Waals surface area (Å²) in [5, 5.41) is 3.06. The molecule has 0 aromatic carbocycles. The van der Waals surface area contributed by atoms with Crippen LogP contribution in [0.4, 0.5) is 0 Å². The molecular formula is C64H124N2O7P+. The van der Waals surface area contributed by atoms with Gasteiger partial charge in [0.25, 0.3) is 0 Å². The smallest absolute Gasteiger partial charge is 0.456 e. The third-order valence-corrected chi connectivity index (χ3v) is 15.3. The summed E-state index contributed by atoms with van der Waals surface area (Å²) in [4.78, 5) is 37.7. The Hall–Kier alpha value is -1.77. The van der Waals surface area contributed by atoms with Gasteiger partial charge >= 0.3 is 13.8 Å². The van der Waals surface area contributed by atoms with Crippen LogP contribution in [-0.2, 0) is 27.9 Å². The van der Waals surface area contributed by atoms with Crippen molar-refractivity contribution >= 4 is 19.7 Å². The number of rotatable bonds is 58. The molecule has 0 aromatic rings. The van der Waals surface area contributed by atoms with Gasteiger partial charge in [-0.1, -0.05) is 269 Å². The summed E-state index contributed by atoms with van der Waals surface area (Å²) in [5.74, 6) is -0.493. The monoisotopic (exact) mass is 1060 g/mol. The number of carbonyl (C=O) groups is 2. The zero-order valence-electron chi connectivity index (χ0n) is 49.9. The highest BCUT2D eigenvalue weighted by atomic mass is 31.2. The van der Waals surface area contributed by atoms with Crippen LogP contribution in [0.2, 0.25) is 0 Å². The van der Waals surface area contributed by atoms with E-state index in [1.807, 2.05) is 33.3 Å². The number of phosphoric ester groups is 1. The quantitative estimate of drug-likeness (QED) is 0.0205. The molecule has 0 saturated heterocycles. The lowest BCUT2D eigenvalue weighted by atomic mass is 10.0. The minimum absolute atomic E-state index is 0.0423. The summed E-state index contributed by atoms with van der Waals surface area (Å²) in [7, 11) is 1.51. The van der Waals surface area contributed by atoms with Crippen molar-refractivity contribution < 1.29 is 37.3 Å². The van der Waals surface area contributed by atoms with Gasteiger partial charge in [-0.15, -0.1) is 0 Å². The van der Waals surface area contributed by atoms with E-state index in [0.29, 0.717) is 23.9 Å². The standard InChI is InChI=1S/C64H123N2O7P/c1-7-10-13-16-19-22-25-28-30-31-32-33-34-35-37-38-41-44-47-50-53-56-63(67)65-61(60-72-74(69,70)71-59-58-66(4,5)6)62(55-52-49-46-43-40-27-24-21-18-15-12-9-3)73-64(68)57-54-51-48-45-42-39-36-29-26-23-20-17-14-11-8-2/h19,22,28,30,52,55,61-62H,7-18,20-21,23-27,29,31-51,53-54,56-60H2,1-6H3,(H-,65,67,69,70)/p+1/b22-19-,30-28-,55-52-. The van der Waals surface area contributed by atoms with E-state index in [9.17, 15) is 19.0 Å². The maximum absolute atomic E-state index is 13.6. The molecule has 0 saturated carbocycles. The van der Waals surface area contributed by atoms with Crippen LogP contribution in [0, 0.1) is 0 Å². The number of allylic oxidation sites excluding steroid dienone is 5. The summed E-state index contributed by atoms with van der Waals surface area (Å²) >= 11 is 0. The molecule has 0 fully saturated rings. The second-order valence-corrected chi connectivity index (χ2v) is 24.4. The summed E-state index contributed by atoms with van der Waals surface area (Å²) in [5.41, 5.74) is 0. The molecule has 0 aromatic heterocycles. The number of likely N-dealkylation sites (N-methyl/N-ethyl adjacent to an activating group) is 1. The van der Waals surface area contributed by atoms with E-state index in [-0.39, 0.29) is 25.1 Å². The number of phosphoric acid groups is 1. The highest BCUT2D eigenvalue weighted by Crippen LogP contribution is 2.43. The van der Waals surface area contributed by atoms with Gasteiger partial charge in [0.05, 0.1) is 33.8 Å². The Balaban J connectivity index is 5.18. The Morgan fingerprint density at radius 1 is 0.473 bits per heavy atom. The van der Waals surface area contributed by atoms with E-state index >= 15 is 0 Å². The predicted octanol–water partition coefficient (Wildman–Crippen LogP) is 19.5. The molecular weight excluding hydrogens is 940 g/mol. The molecule has 0 aliphatic heterocycles. The number of quaternary nitrogens is 1. The first-order chi connectivity index (χ1) is 35.9. The number of hydrogen-bond donors (Lipinski definition) is 2. The van der Waals surface area contributed by atoms with Crippen molar-refractivity contribution in [2.75, 3.05) is 40.9 Å². The molecule has 0 spiro atoms. The molecule has 3 atom stereocenters. The lowest BCUT2D eigenvalue weighted by molar-refractivity contribution is -0.870. The van der Waals surface area contributed by atoms with Crippen molar-refractivity contribution in [3.63, 3.8) is 0 Å². The number of amides is 1. The van der Waals surface area contributed by atoms with E-state index in [1.165, 1.54) is 212 Å². The molecule has 0 bridgehead atoms. The summed E-state index contributed by atoms with van der Waals surface area (Å²) in [6.07, 6.45) is 65.6. The van der Waals surface area contributed by atoms with Crippen molar-refractivity contribution in [3.05, 3.63) is 36.5 Å². The van der Waals surface area contributed by atoms with Gasteiger partial charge in [0.1, 0.15) is 19.3 Å². The van der Waals surface area contributed by atoms with Crippen molar-refractivity contribution in [3.8, 4) is 0 Å². The van der Waals surface area contributed by atoms with Crippen LogP contribution in [0.3, 0.4) is 0 Å². The molecule has 0 aliphatic carbocycles. The number of carbonyl (C=O) groups excluding carboxylic acids is 2. The molecule has 9 nitrogen and oxygen atoms in total. The third-order valence-electron chi connectivity index (χ3n) is 14.3. The zero-order valence-corrected chi connectivity index (χ0v) is 50.7. The van der Waals surface area contributed by atoms with Crippen molar-refractivity contribution in [1.82, 2.24) is 5.32 Å². The molecule has 2 N–H and O–H groups in total. The molecule has 0 radical (unpaired) electrons. The zero-order chi connectivity index (χ0) is 54.3. The first-order valence-electron chi connectivity index (χ1n) is 31.8. The fraction of sp³-hybridized carbons (Fsp3) is 0.875. The number of hydrogen-bond acceptors (Lipinski definition) is 6. The third kappa shape index (κ3) is 55.0. The van der Waals surface area contributed by atoms with Crippen molar-refractivity contribution in [2.45, 2.75) is 322 Å². The van der Waals surface area contributed by atoms with E-state index in [2.05, 4.69) is 50.4 Å². The summed E-state index contributed by atoms with van der Waals surface area (Å²) in [6, 6.07) is -0.845. The lowest BCUT2D eigenvalue weighted by Gasteiger charge is -2.27. The predicted molar refractivity (Wildman–Crippen MR) is 319 cm³/mol. The molecule has 1 amide bonds. The largest absolute Gasteiger partial charge is 0.472 e. The number of esters is 1. The summed E-state index contributed by atoms with van der Waals surface area (Å²) < 4.78 is 30.7. The average Bonchev–Trinajstić information content (AvgIpc) is 3.36. The second kappa shape index (κ2) is 54.6. The van der Waals surface area contributed by atoms with Crippen LogP contribution in [0.5, 0.6) is 0 Å². The number of nitrogens with one attached hydrogen (secondary N) is 1. The Labute approximate surface area is 459 Å². The van der Waals surface area contributed by atoms with Crippen LogP contribution < -0.4 is 5.32 Å². The van der Waals surface area contributed by atoms with Crippen molar-refractivity contribution in [1.29, 1.82) is 0 Å². The average molecular weight is 1060 g/mol. The lowest BCUT2D eigenvalue weighted by Crippen LogP contribution is -2.47. The maximum Gasteiger partial charge on any atom is 0.472 e. The van der Waals surface area contributed by atoms with E-state index in [0.717, 1.165) is 64.2 Å². The minimum atomic E-state index is -4.44. The molecule has 74 heavy (non-hydrogen) atoms. The molecule has 0 aliphatic rings. The summed E-state index contributed by atoms with van der Waals surface area (Å²) in [6.45, 7) is 7.02. The van der Waals surface area contributed by atoms with Gasteiger partial charge in [0.15, 0.2) is 0 Å². The molecule has 0 heterocycles. The Bertz CT molecular complexity index is 1360. The first-order valence-corrected chi connectivity index (χ1v) is 33.3. The number of ether oxygens (including phenoxy) is 1. The molecule has 10 heteroatoms. The Morgan fingerprint density at radius 3 is 1.24 bits per heavy atom. The number of nitrogens with zero attached hydrogens (tertiary/aromatic N) is 1. The van der Waals surface area contributed by atoms with Crippen molar-refractivity contribution in [2.24, 2.45) is 0 Å². The van der Waals surface area contributed by atoms with E-state index in [1.54, 1.807) is 0 Å². The van der Waals surface area contributed by atoms with Crippen LogP contribution in [-0.4, -0.2) is 74.3 Å². The second-order valence-electron chi connectivity index (χ2n) is 22.9. The van der Waals surface area contributed by atoms with Crippen LogP contribution in [0.1, 0.15) is 310 Å². The van der Waals surface area contributed by atoms with Gasteiger partial charge in [0, 0.05) is 12.8 Å². The van der Waals surface area contributed by atoms with E-state index in [4.69, 9.17) is 13.8 Å². The SMILES string of the molecule is CCCCC/C=C\C/C=C\CCCCCCCCCCCCCC(=O)NC(COP(=O)(O)OCC[N+](C)(C)C)C(/C=C\CCCCCCCCCCCC)OC(=O)CCCCCCCCCCCCCCCCC. The molecule has 3 unspecified atom stereocenters. The van der Waals surface area contributed by atoms with Crippen LogP contribution in [0.15, 0.2) is 36.5 Å².